The van der Waals surface area contributed by atoms with Crippen LogP contribution in [0.4, 0.5) is 10.1 Å². The lowest BCUT2D eigenvalue weighted by atomic mass is 10.2. The summed E-state index contributed by atoms with van der Waals surface area (Å²) >= 11 is 0. The minimum absolute atomic E-state index is 0.160. The highest BCUT2D eigenvalue weighted by Crippen LogP contribution is 2.16. The molecule has 2 aromatic rings. The van der Waals surface area contributed by atoms with Gasteiger partial charge in [0.1, 0.15) is 5.82 Å². The molecule has 0 unspecified atom stereocenters. The number of amides is 1. The number of esters is 1. The molecule has 132 valence electrons. The van der Waals surface area contributed by atoms with Gasteiger partial charge in [0.2, 0.25) is 0 Å². The molecule has 2 atom stereocenters. The topological polar surface area (TPSA) is 72.5 Å². The Kier molecular flexibility index (Phi) is 6.41. The van der Waals surface area contributed by atoms with Crippen LogP contribution < -0.4 is 5.32 Å². The summed E-state index contributed by atoms with van der Waals surface area (Å²) < 4.78 is 30.3. The zero-order chi connectivity index (χ0) is 18.4. The maximum absolute atomic E-state index is 13.1. The second kappa shape index (κ2) is 8.53. The SMILES string of the molecule is CC[S@@](=O)c1ccccc1C(=O)O[C@@H](C)C(=O)Nc1cccc(F)c1. The molecule has 2 rings (SSSR count). The zero-order valence-electron chi connectivity index (χ0n) is 13.8. The van der Waals surface area contributed by atoms with Crippen molar-refractivity contribution < 1.29 is 22.9 Å². The maximum atomic E-state index is 13.1. The first kappa shape index (κ1) is 18.8. The summed E-state index contributed by atoms with van der Waals surface area (Å²) in [4.78, 5) is 24.8. The van der Waals surface area contributed by atoms with E-state index in [1.165, 1.54) is 31.2 Å². The Morgan fingerprint density at radius 3 is 2.60 bits per heavy atom. The molecular formula is C18H18FNO4S. The van der Waals surface area contributed by atoms with Crippen molar-refractivity contribution in [3.05, 3.63) is 59.9 Å². The Morgan fingerprint density at radius 1 is 1.20 bits per heavy atom. The quantitative estimate of drug-likeness (QED) is 0.801. The highest BCUT2D eigenvalue weighted by Gasteiger charge is 2.22. The lowest BCUT2D eigenvalue weighted by Gasteiger charge is -2.15. The third-order valence-corrected chi connectivity index (χ3v) is 4.73. The Morgan fingerprint density at radius 2 is 1.92 bits per heavy atom. The first-order chi connectivity index (χ1) is 11.9. The molecule has 7 heteroatoms. The summed E-state index contributed by atoms with van der Waals surface area (Å²) in [5.74, 6) is -1.45. The van der Waals surface area contributed by atoms with Crippen molar-refractivity contribution in [2.45, 2.75) is 24.8 Å². The number of halogens is 1. The van der Waals surface area contributed by atoms with E-state index in [4.69, 9.17) is 4.74 Å². The van der Waals surface area contributed by atoms with Gasteiger partial charge in [-0.05, 0) is 37.3 Å². The molecule has 0 saturated heterocycles. The predicted octanol–water partition coefficient (Wildman–Crippen LogP) is 3.14. The van der Waals surface area contributed by atoms with E-state index in [0.717, 1.165) is 6.07 Å². The van der Waals surface area contributed by atoms with Crippen LogP contribution in [0, 0.1) is 5.82 Å². The van der Waals surface area contributed by atoms with E-state index in [-0.39, 0.29) is 11.3 Å². The molecule has 1 amide bonds. The van der Waals surface area contributed by atoms with Gasteiger partial charge in [-0.15, -0.1) is 0 Å². The fraction of sp³-hybridized carbons (Fsp3) is 0.222. The van der Waals surface area contributed by atoms with Crippen molar-refractivity contribution in [1.29, 1.82) is 0 Å². The molecule has 0 radical (unpaired) electrons. The molecule has 0 aliphatic rings. The van der Waals surface area contributed by atoms with E-state index < -0.39 is 34.6 Å². The number of hydrogen-bond acceptors (Lipinski definition) is 4. The summed E-state index contributed by atoms with van der Waals surface area (Å²) in [5, 5.41) is 2.47. The first-order valence-electron chi connectivity index (χ1n) is 7.67. The number of rotatable bonds is 6. The summed E-state index contributed by atoms with van der Waals surface area (Å²) in [6, 6.07) is 11.8. The number of carbonyl (C=O) groups excluding carboxylic acids is 2. The molecule has 0 fully saturated rings. The molecule has 0 aliphatic carbocycles. The van der Waals surface area contributed by atoms with E-state index in [9.17, 15) is 18.2 Å². The summed E-state index contributed by atoms with van der Waals surface area (Å²) in [6.07, 6.45) is -1.10. The lowest BCUT2D eigenvalue weighted by molar-refractivity contribution is -0.123. The molecule has 1 N–H and O–H groups in total. The van der Waals surface area contributed by atoms with Crippen LogP contribution in [0.5, 0.6) is 0 Å². The zero-order valence-corrected chi connectivity index (χ0v) is 14.6. The monoisotopic (exact) mass is 363 g/mol. The van der Waals surface area contributed by atoms with Gasteiger partial charge in [0.25, 0.3) is 5.91 Å². The molecular weight excluding hydrogens is 345 g/mol. The minimum Gasteiger partial charge on any atom is -0.449 e. The second-order valence-electron chi connectivity index (χ2n) is 5.18. The standard InChI is InChI=1S/C18H18FNO4S/c1-3-25(23)16-10-5-4-9-15(16)18(22)24-12(2)17(21)20-14-8-6-7-13(19)11-14/h4-12H,3H2,1-2H3,(H,20,21)/t12-,25+/m0/s1. The number of nitrogens with one attached hydrogen (secondary N) is 1. The Labute approximate surface area is 147 Å². The van der Waals surface area contributed by atoms with Crippen molar-refractivity contribution in [3.63, 3.8) is 0 Å². The Bertz CT molecular complexity index is 809. The van der Waals surface area contributed by atoms with Crippen molar-refractivity contribution in [1.82, 2.24) is 0 Å². The van der Waals surface area contributed by atoms with Crippen LogP contribution in [-0.2, 0) is 20.3 Å². The third kappa shape index (κ3) is 4.96. The molecule has 0 spiro atoms. The lowest BCUT2D eigenvalue weighted by Crippen LogP contribution is -2.30. The van der Waals surface area contributed by atoms with Gasteiger partial charge in [0.15, 0.2) is 6.10 Å². The highest BCUT2D eigenvalue weighted by atomic mass is 32.2. The number of ether oxygens (including phenoxy) is 1. The van der Waals surface area contributed by atoms with Crippen LogP contribution >= 0.6 is 0 Å². The van der Waals surface area contributed by atoms with Crippen LogP contribution in [0.3, 0.4) is 0 Å². The highest BCUT2D eigenvalue weighted by molar-refractivity contribution is 7.85. The third-order valence-electron chi connectivity index (χ3n) is 3.36. The molecule has 0 saturated carbocycles. The number of anilines is 1. The molecule has 25 heavy (non-hydrogen) atoms. The second-order valence-corrected chi connectivity index (χ2v) is 6.89. The molecule has 0 bridgehead atoms. The van der Waals surface area contributed by atoms with Gasteiger partial charge >= 0.3 is 5.97 Å². The van der Waals surface area contributed by atoms with Gasteiger partial charge in [-0.1, -0.05) is 25.1 Å². The van der Waals surface area contributed by atoms with Crippen LogP contribution in [0.25, 0.3) is 0 Å². The minimum atomic E-state index is -1.33. The summed E-state index contributed by atoms with van der Waals surface area (Å²) in [6.45, 7) is 3.15. The molecule has 0 heterocycles. The van der Waals surface area contributed by atoms with Gasteiger partial charge < -0.3 is 10.1 Å². The Balaban J connectivity index is 2.07. The van der Waals surface area contributed by atoms with E-state index >= 15 is 0 Å². The van der Waals surface area contributed by atoms with Crippen molar-refractivity contribution in [2.24, 2.45) is 0 Å². The van der Waals surface area contributed by atoms with Crippen LogP contribution in [0.1, 0.15) is 24.2 Å². The van der Waals surface area contributed by atoms with Crippen molar-refractivity contribution >= 4 is 28.4 Å². The van der Waals surface area contributed by atoms with Gasteiger partial charge in [-0.2, -0.15) is 0 Å². The molecule has 0 aromatic heterocycles. The summed E-state index contributed by atoms with van der Waals surface area (Å²) in [7, 11) is -1.33. The first-order valence-corrected chi connectivity index (χ1v) is 8.99. The largest absolute Gasteiger partial charge is 0.449 e. The van der Waals surface area contributed by atoms with E-state index in [1.807, 2.05) is 0 Å². The van der Waals surface area contributed by atoms with Crippen LogP contribution in [-0.4, -0.2) is 27.9 Å². The van der Waals surface area contributed by atoms with Gasteiger partial charge in [-0.25, -0.2) is 9.18 Å². The number of carbonyl (C=O) groups is 2. The average molecular weight is 363 g/mol. The molecule has 2 aromatic carbocycles. The fourth-order valence-electron chi connectivity index (χ4n) is 2.08. The smallest absolute Gasteiger partial charge is 0.340 e. The number of benzene rings is 2. The van der Waals surface area contributed by atoms with Crippen molar-refractivity contribution in [2.75, 3.05) is 11.1 Å². The van der Waals surface area contributed by atoms with Crippen molar-refractivity contribution in [3.8, 4) is 0 Å². The molecule has 0 aliphatic heterocycles. The van der Waals surface area contributed by atoms with Gasteiger partial charge in [-0.3, -0.25) is 9.00 Å². The maximum Gasteiger partial charge on any atom is 0.340 e. The molecule has 5 nitrogen and oxygen atoms in total. The predicted molar refractivity (Wildman–Crippen MR) is 93.3 cm³/mol. The van der Waals surface area contributed by atoms with E-state index in [1.54, 1.807) is 25.1 Å². The fourth-order valence-corrected chi connectivity index (χ4v) is 3.02. The summed E-state index contributed by atoms with van der Waals surface area (Å²) in [5.41, 5.74) is 0.425. The average Bonchev–Trinajstić information content (AvgIpc) is 2.60. The Hall–Kier alpha value is -2.54. The number of hydrogen-bond donors (Lipinski definition) is 1. The van der Waals surface area contributed by atoms with E-state index in [0.29, 0.717) is 10.6 Å². The van der Waals surface area contributed by atoms with Crippen LogP contribution in [0.2, 0.25) is 0 Å². The van der Waals surface area contributed by atoms with Gasteiger partial charge in [0, 0.05) is 11.4 Å². The van der Waals surface area contributed by atoms with Crippen LogP contribution in [0.15, 0.2) is 53.4 Å². The van der Waals surface area contributed by atoms with E-state index in [2.05, 4.69) is 5.32 Å². The normalized spacial score (nSPS) is 12.9. The van der Waals surface area contributed by atoms with Gasteiger partial charge in [0.05, 0.1) is 21.3 Å².